The molecule has 2 aliphatic heterocycles. The molecule has 3 rings (SSSR count). The zero-order chi connectivity index (χ0) is 18.5. The quantitative estimate of drug-likeness (QED) is 0.855. The third-order valence-corrected chi connectivity index (χ3v) is 5.25. The van der Waals surface area contributed by atoms with Crippen LogP contribution in [0.15, 0.2) is 24.3 Å². The molecule has 0 aliphatic carbocycles. The number of hydrogen-bond acceptors (Lipinski definition) is 5. The van der Waals surface area contributed by atoms with Gasteiger partial charge in [-0.05, 0) is 37.0 Å². The summed E-state index contributed by atoms with van der Waals surface area (Å²) in [5.74, 6) is 0.801. The first kappa shape index (κ1) is 18.7. The first-order valence-electron chi connectivity index (χ1n) is 9.15. The SMILES string of the molecule is COc1cccc(C(=O)N2CCN(C(=O)C(N)C3CCOCC3)CC2)c1. The average molecular weight is 361 g/mol. The van der Waals surface area contributed by atoms with Crippen molar-refractivity contribution < 1.29 is 19.1 Å². The van der Waals surface area contributed by atoms with Crippen LogP contribution in [0, 0.1) is 5.92 Å². The van der Waals surface area contributed by atoms with Crippen LogP contribution in [-0.2, 0) is 9.53 Å². The number of carbonyl (C=O) groups is 2. The summed E-state index contributed by atoms with van der Waals surface area (Å²) < 4.78 is 10.5. The second-order valence-corrected chi connectivity index (χ2v) is 6.83. The molecular weight excluding hydrogens is 334 g/mol. The van der Waals surface area contributed by atoms with E-state index in [0.29, 0.717) is 50.7 Å². The van der Waals surface area contributed by atoms with Gasteiger partial charge < -0.3 is 25.0 Å². The molecule has 1 unspecified atom stereocenters. The zero-order valence-corrected chi connectivity index (χ0v) is 15.2. The molecule has 2 amide bonds. The zero-order valence-electron chi connectivity index (χ0n) is 15.2. The van der Waals surface area contributed by atoms with Gasteiger partial charge in [-0.15, -0.1) is 0 Å². The molecule has 0 aromatic heterocycles. The molecule has 2 heterocycles. The average Bonchev–Trinajstić information content (AvgIpc) is 2.73. The van der Waals surface area contributed by atoms with Gasteiger partial charge in [0.25, 0.3) is 5.91 Å². The lowest BCUT2D eigenvalue weighted by molar-refractivity contribution is -0.136. The molecule has 1 aromatic rings. The van der Waals surface area contributed by atoms with Crippen molar-refractivity contribution in [1.82, 2.24) is 9.80 Å². The van der Waals surface area contributed by atoms with Gasteiger partial charge in [-0.2, -0.15) is 0 Å². The van der Waals surface area contributed by atoms with E-state index < -0.39 is 6.04 Å². The fourth-order valence-electron chi connectivity index (χ4n) is 3.56. The fourth-order valence-corrected chi connectivity index (χ4v) is 3.56. The van der Waals surface area contributed by atoms with E-state index in [1.54, 1.807) is 35.1 Å². The van der Waals surface area contributed by atoms with Crippen LogP contribution in [0.5, 0.6) is 5.75 Å². The molecule has 2 aliphatic rings. The lowest BCUT2D eigenvalue weighted by Crippen LogP contribution is -2.56. The summed E-state index contributed by atoms with van der Waals surface area (Å²) in [6.07, 6.45) is 1.67. The number of rotatable bonds is 4. The number of nitrogens with two attached hydrogens (primary N) is 1. The third-order valence-electron chi connectivity index (χ3n) is 5.25. The second kappa shape index (κ2) is 8.51. The second-order valence-electron chi connectivity index (χ2n) is 6.83. The maximum Gasteiger partial charge on any atom is 0.254 e. The maximum atomic E-state index is 12.7. The summed E-state index contributed by atoms with van der Waals surface area (Å²) in [4.78, 5) is 28.9. The summed E-state index contributed by atoms with van der Waals surface area (Å²) >= 11 is 0. The Morgan fingerprint density at radius 1 is 1.15 bits per heavy atom. The summed E-state index contributed by atoms with van der Waals surface area (Å²) in [5, 5.41) is 0. The van der Waals surface area contributed by atoms with Gasteiger partial charge in [-0.25, -0.2) is 0 Å². The number of methoxy groups -OCH3 is 1. The van der Waals surface area contributed by atoms with Crippen LogP contribution in [0.1, 0.15) is 23.2 Å². The number of nitrogens with zero attached hydrogens (tertiary/aromatic N) is 2. The molecule has 142 valence electrons. The van der Waals surface area contributed by atoms with Gasteiger partial charge in [0.1, 0.15) is 5.75 Å². The Kier molecular flexibility index (Phi) is 6.11. The highest BCUT2D eigenvalue weighted by Gasteiger charge is 2.32. The van der Waals surface area contributed by atoms with Crippen molar-refractivity contribution in [3.8, 4) is 5.75 Å². The molecule has 0 spiro atoms. The number of benzene rings is 1. The molecule has 2 saturated heterocycles. The van der Waals surface area contributed by atoms with Crippen molar-refractivity contribution in [2.75, 3.05) is 46.5 Å². The predicted molar refractivity (Wildman–Crippen MR) is 97.0 cm³/mol. The molecule has 7 nitrogen and oxygen atoms in total. The minimum Gasteiger partial charge on any atom is -0.497 e. The van der Waals surface area contributed by atoms with E-state index >= 15 is 0 Å². The number of piperazine rings is 1. The van der Waals surface area contributed by atoms with Crippen LogP contribution >= 0.6 is 0 Å². The number of amides is 2. The van der Waals surface area contributed by atoms with Crippen LogP contribution in [0.4, 0.5) is 0 Å². The Balaban J connectivity index is 1.54. The van der Waals surface area contributed by atoms with Crippen molar-refractivity contribution in [3.63, 3.8) is 0 Å². The van der Waals surface area contributed by atoms with E-state index in [-0.39, 0.29) is 17.7 Å². The van der Waals surface area contributed by atoms with Crippen molar-refractivity contribution in [2.45, 2.75) is 18.9 Å². The molecule has 1 aromatic carbocycles. The van der Waals surface area contributed by atoms with Gasteiger partial charge in [-0.1, -0.05) is 6.07 Å². The molecule has 2 fully saturated rings. The molecule has 0 radical (unpaired) electrons. The van der Waals surface area contributed by atoms with Crippen LogP contribution in [-0.4, -0.2) is 74.2 Å². The first-order chi connectivity index (χ1) is 12.6. The van der Waals surface area contributed by atoms with E-state index in [9.17, 15) is 9.59 Å². The van der Waals surface area contributed by atoms with Gasteiger partial charge >= 0.3 is 0 Å². The van der Waals surface area contributed by atoms with Gasteiger partial charge in [0.05, 0.1) is 13.2 Å². The van der Waals surface area contributed by atoms with Crippen molar-refractivity contribution in [1.29, 1.82) is 0 Å². The van der Waals surface area contributed by atoms with E-state index in [0.717, 1.165) is 12.8 Å². The number of ether oxygens (including phenoxy) is 2. The predicted octanol–water partition coefficient (Wildman–Crippen LogP) is 0.734. The van der Waals surface area contributed by atoms with Crippen molar-refractivity contribution in [2.24, 2.45) is 11.7 Å². The standard InChI is InChI=1S/C19H27N3O4/c1-25-16-4-2-3-15(13-16)18(23)21-7-9-22(10-8-21)19(24)17(20)14-5-11-26-12-6-14/h2-4,13-14,17H,5-12,20H2,1H3. The number of hydrogen-bond donors (Lipinski definition) is 1. The lowest BCUT2D eigenvalue weighted by Gasteiger charge is -2.37. The van der Waals surface area contributed by atoms with Gasteiger partial charge in [0.2, 0.25) is 5.91 Å². The Morgan fingerprint density at radius 2 is 1.81 bits per heavy atom. The molecule has 26 heavy (non-hydrogen) atoms. The topological polar surface area (TPSA) is 85.1 Å². The van der Waals surface area contributed by atoms with E-state index in [4.69, 9.17) is 15.2 Å². The molecule has 0 saturated carbocycles. The first-order valence-corrected chi connectivity index (χ1v) is 9.15. The minimum absolute atomic E-state index is 0.00891. The molecular formula is C19H27N3O4. The minimum atomic E-state index is -0.473. The Morgan fingerprint density at radius 3 is 2.46 bits per heavy atom. The van der Waals surface area contributed by atoms with Gasteiger partial charge in [0.15, 0.2) is 0 Å². The monoisotopic (exact) mass is 361 g/mol. The third kappa shape index (κ3) is 4.16. The van der Waals surface area contributed by atoms with Crippen molar-refractivity contribution >= 4 is 11.8 Å². The van der Waals surface area contributed by atoms with Gasteiger partial charge in [-0.3, -0.25) is 9.59 Å². The van der Waals surface area contributed by atoms with Gasteiger partial charge in [0, 0.05) is 45.0 Å². The Hall–Kier alpha value is -2.12. The highest BCUT2D eigenvalue weighted by molar-refractivity contribution is 5.94. The molecule has 1 atom stereocenters. The highest BCUT2D eigenvalue weighted by atomic mass is 16.5. The Labute approximate surface area is 154 Å². The smallest absolute Gasteiger partial charge is 0.254 e. The summed E-state index contributed by atoms with van der Waals surface area (Å²) in [6.45, 7) is 3.42. The van der Waals surface area contributed by atoms with E-state index in [2.05, 4.69) is 0 Å². The molecule has 7 heteroatoms. The maximum absolute atomic E-state index is 12.7. The molecule has 0 bridgehead atoms. The van der Waals surface area contributed by atoms with Crippen LogP contribution in [0.3, 0.4) is 0 Å². The van der Waals surface area contributed by atoms with Crippen LogP contribution in [0.25, 0.3) is 0 Å². The normalized spacial score (nSPS) is 19.9. The Bertz CT molecular complexity index is 637. The van der Waals surface area contributed by atoms with E-state index in [1.807, 2.05) is 6.07 Å². The van der Waals surface area contributed by atoms with E-state index in [1.165, 1.54) is 0 Å². The fraction of sp³-hybridized carbons (Fsp3) is 0.579. The summed E-state index contributed by atoms with van der Waals surface area (Å²) in [5.41, 5.74) is 6.80. The lowest BCUT2D eigenvalue weighted by atomic mass is 9.91. The van der Waals surface area contributed by atoms with Crippen molar-refractivity contribution in [3.05, 3.63) is 29.8 Å². The highest BCUT2D eigenvalue weighted by Crippen LogP contribution is 2.20. The number of carbonyl (C=O) groups excluding carboxylic acids is 2. The summed E-state index contributed by atoms with van der Waals surface area (Å²) in [6, 6.07) is 6.66. The largest absolute Gasteiger partial charge is 0.497 e. The summed E-state index contributed by atoms with van der Waals surface area (Å²) in [7, 11) is 1.58. The van der Waals surface area contributed by atoms with Crippen LogP contribution < -0.4 is 10.5 Å². The molecule has 2 N–H and O–H groups in total. The van der Waals surface area contributed by atoms with Crippen LogP contribution in [0.2, 0.25) is 0 Å².